The number of carbonyl (C=O) groups excluding carboxylic acids is 1. The van der Waals surface area contributed by atoms with E-state index in [0.717, 1.165) is 16.7 Å². The van der Waals surface area contributed by atoms with Gasteiger partial charge in [-0.2, -0.15) is 13.2 Å². The molecule has 0 spiro atoms. The van der Waals surface area contributed by atoms with Crippen molar-refractivity contribution in [3.8, 4) is 0 Å². The van der Waals surface area contributed by atoms with Crippen LogP contribution in [0.2, 0.25) is 5.02 Å². The van der Waals surface area contributed by atoms with Crippen LogP contribution < -0.4 is 10.9 Å². The summed E-state index contributed by atoms with van der Waals surface area (Å²) in [7, 11) is 0. The fourth-order valence-corrected chi connectivity index (χ4v) is 3.22. The van der Waals surface area contributed by atoms with Crippen LogP contribution >= 0.6 is 11.6 Å². The largest absolute Gasteiger partial charge is 0.417 e. The van der Waals surface area contributed by atoms with Crippen molar-refractivity contribution in [1.82, 2.24) is 9.88 Å². The van der Waals surface area contributed by atoms with E-state index >= 15 is 0 Å². The topological polar surface area (TPSA) is 51.1 Å². The van der Waals surface area contributed by atoms with Gasteiger partial charge in [0.05, 0.1) is 11.6 Å². The molecule has 1 aromatic heterocycles. The van der Waals surface area contributed by atoms with Crippen LogP contribution in [0.15, 0.2) is 71.7 Å². The molecule has 156 valence electrons. The van der Waals surface area contributed by atoms with Crippen LogP contribution in [0.5, 0.6) is 0 Å². The summed E-state index contributed by atoms with van der Waals surface area (Å²) in [6.45, 7) is 1.33. The Morgan fingerprint density at radius 1 is 1.07 bits per heavy atom. The molecule has 1 amide bonds. The molecular formula is C22H18ClF3N2O2. The number of hydrogen-bond acceptors (Lipinski definition) is 2. The summed E-state index contributed by atoms with van der Waals surface area (Å²) in [5.74, 6) is -0.623. The first-order chi connectivity index (χ1) is 14.1. The number of aromatic nitrogens is 1. The number of rotatable bonds is 5. The fourth-order valence-electron chi connectivity index (χ4n) is 3.00. The van der Waals surface area contributed by atoms with Crippen LogP contribution in [0.25, 0.3) is 0 Å². The van der Waals surface area contributed by atoms with E-state index in [1.54, 1.807) is 0 Å². The van der Waals surface area contributed by atoms with Gasteiger partial charge in [-0.15, -0.1) is 0 Å². The van der Waals surface area contributed by atoms with Crippen LogP contribution in [-0.2, 0) is 17.5 Å². The van der Waals surface area contributed by atoms with Gasteiger partial charge in [-0.25, -0.2) is 0 Å². The monoisotopic (exact) mass is 434 g/mol. The van der Waals surface area contributed by atoms with Gasteiger partial charge in [0, 0.05) is 6.20 Å². The minimum absolute atomic E-state index is 0.531. The molecule has 30 heavy (non-hydrogen) atoms. The van der Waals surface area contributed by atoms with E-state index < -0.39 is 40.8 Å². The highest BCUT2D eigenvalue weighted by Crippen LogP contribution is 2.29. The van der Waals surface area contributed by atoms with Crippen LogP contribution in [-0.4, -0.2) is 10.5 Å². The number of pyridine rings is 1. The second-order valence-corrected chi connectivity index (χ2v) is 7.24. The van der Waals surface area contributed by atoms with E-state index in [1.807, 2.05) is 61.5 Å². The minimum atomic E-state index is -4.69. The smallest absolute Gasteiger partial charge is 0.344 e. The Morgan fingerprint density at radius 3 is 2.27 bits per heavy atom. The first-order valence-corrected chi connectivity index (χ1v) is 9.41. The van der Waals surface area contributed by atoms with E-state index in [-0.39, 0.29) is 0 Å². The third kappa shape index (κ3) is 5.10. The van der Waals surface area contributed by atoms with Gasteiger partial charge in [0.15, 0.2) is 0 Å². The number of amides is 1. The first kappa shape index (κ1) is 21.6. The van der Waals surface area contributed by atoms with Crippen molar-refractivity contribution in [2.45, 2.75) is 25.7 Å². The molecule has 0 saturated carbocycles. The molecule has 0 bridgehead atoms. The number of aryl methyl sites for hydroxylation is 1. The van der Waals surface area contributed by atoms with E-state index in [0.29, 0.717) is 16.8 Å². The molecule has 0 radical (unpaired) electrons. The molecule has 3 rings (SSSR count). The Balaban J connectivity index is 1.90. The molecule has 0 aliphatic heterocycles. The van der Waals surface area contributed by atoms with Crippen molar-refractivity contribution < 1.29 is 18.0 Å². The van der Waals surface area contributed by atoms with Crippen LogP contribution in [0.1, 0.15) is 28.3 Å². The van der Waals surface area contributed by atoms with E-state index in [4.69, 9.17) is 11.6 Å². The Morgan fingerprint density at radius 2 is 1.67 bits per heavy atom. The zero-order valence-corrected chi connectivity index (χ0v) is 16.7. The van der Waals surface area contributed by atoms with Gasteiger partial charge in [0.2, 0.25) is 5.91 Å². The number of nitrogens with zero attached hydrogens (tertiary/aromatic N) is 1. The summed E-state index contributed by atoms with van der Waals surface area (Å²) in [5.41, 5.74) is 0.671. The van der Waals surface area contributed by atoms with Crippen LogP contribution in [0.4, 0.5) is 13.2 Å². The quantitative estimate of drug-likeness (QED) is 0.631. The highest BCUT2D eigenvalue weighted by Gasteiger charge is 2.32. The summed E-state index contributed by atoms with van der Waals surface area (Å²) in [5, 5.41) is 2.20. The van der Waals surface area contributed by atoms with Gasteiger partial charge in [0.25, 0.3) is 5.56 Å². The highest BCUT2D eigenvalue weighted by molar-refractivity contribution is 6.30. The van der Waals surface area contributed by atoms with Gasteiger partial charge in [-0.3, -0.25) is 9.59 Å². The predicted octanol–water partition coefficient (Wildman–Crippen LogP) is 4.73. The zero-order valence-electron chi connectivity index (χ0n) is 15.9. The van der Waals surface area contributed by atoms with E-state index in [1.165, 1.54) is 0 Å². The minimum Gasteiger partial charge on any atom is -0.344 e. The molecule has 2 aromatic carbocycles. The van der Waals surface area contributed by atoms with Gasteiger partial charge >= 0.3 is 6.18 Å². The molecule has 0 aliphatic carbocycles. The van der Waals surface area contributed by atoms with Crippen molar-refractivity contribution in [3.05, 3.63) is 104 Å². The lowest BCUT2D eigenvalue weighted by molar-refractivity contribution is -0.138. The maximum absolute atomic E-state index is 13.0. The second-order valence-electron chi connectivity index (χ2n) is 6.83. The van der Waals surface area contributed by atoms with Crippen molar-refractivity contribution in [2.24, 2.45) is 0 Å². The number of hydrogen-bond donors (Lipinski definition) is 1. The van der Waals surface area contributed by atoms with E-state index in [2.05, 4.69) is 5.32 Å². The summed E-state index contributed by atoms with van der Waals surface area (Å²) in [6, 6.07) is 16.7. The van der Waals surface area contributed by atoms with Gasteiger partial charge in [0.1, 0.15) is 11.6 Å². The molecule has 0 saturated heterocycles. The molecule has 1 atom stereocenters. The molecule has 4 nitrogen and oxygen atoms in total. The van der Waals surface area contributed by atoms with E-state index in [9.17, 15) is 22.8 Å². The van der Waals surface area contributed by atoms with Crippen molar-refractivity contribution in [2.75, 3.05) is 0 Å². The standard InChI is InChI=1S/C22H18ClF3N2O2/c1-14-7-9-16(10-8-14)20(15-5-3-2-4-6-15)27-19(29)13-28-12-17(22(24,25)26)11-18(23)21(28)30/h2-12,20H,13H2,1H3,(H,27,29). The highest BCUT2D eigenvalue weighted by atomic mass is 35.5. The molecule has 1 unspecified atom stereocenters. The summed E-state index contributed by atoms with van der Waals surface area (Å²) < 4.78 is 39.7. The lowest BCUT2D eigenvalue weighted by Gasteiger charge is -2.21. The molecule has 1 heterocycles. The van der Waals surface area contributed by atoms with Gasteiger partial charge in [-0.05, 0) is 24.1 Å². The summed E-state index contributed by atoms with van der Waals surface area (Å²) in [6.07, 6.45) is -4.10. The molecule has 3 aromatic rings. The predicted molar refractivity (Wildman–Crippen MR) is 108 cm³/mol. The maximum Gasteiger partial charge on any atom is 0.417 e. The normalized spacial score (nSPS) is 12.4. The van der Waals surface area contributed by atoms with Crippen molar-refractivity contribution in [1.29, 1.82) is 0 Å². The second kappa shape index (κ2) is 8.75. The van der Waals surface area contributed by atoms with Gasteiger partial charge < -0.3 is 9.88 Å². The molecular weight excluding hydrogens is 417 g/mol. The molecule has 0 fully saturated rings. The average molecular weight is 435 g/mol. The molecule has 8 heteroatoms. The lowest BCUT2D eigenvalue weighted by Crippen LogP contribution is -2.35. The Kier molecular flexibility index (Phi) is 6.31. The number of halogens is 4. The lowest BCUT2D eigenvalue weighted by atomic mass is 9.98. The summed E-state index contributed by atoms with van der Waals surface area (Å²) >= 11 is 5.66. The van der Waals surface area contributed by atoms with Gasteiger partial charge in [-0.1, -0.05) is 71.8 Å². The number of benzene rings is 2. The molecule has 1 N–H and O–H groups in total. The Labute approximate surface area is 175 Å². The van der Waals surface area contributed by atoms with Crippen molar-refractivity contribution >= 4 is 17.5 Å². The number of alkyl halides is 3. The fraction of sp³-hybridized carbons (Fsp3) is 0.182. The summed E-state index contributed by atoms with van der Waals surface area (Å²) in [4.78, 5) is 24.8. The SMILES string of the molecule is Cc1ccc(C(NC(=O)Cn2cc(C(F)(F)F)cc(Cl)c2=O)c2ccccc2)cc1. The average Bonchev–Trinajstić information content (AvgIpc) is 2.70. The number of carbonyl (C=O) groups is 1. The Hall–Kier alpha value is -3.06. The Bertz CT molecular complexity index is 1090. The maximum atomic E-state index is 13.0. The van der Waals surface area contributed by atoms with Crippen LogP contribution in [0.3, 0.4) is 0 Å². The van der Waals surface area contributed by atoms with Crippen molar-refractivity contribution in [3.63, 3.8) is 0 Å². The first-order valence-electron chi connectivity index (χ1n) is 9.03. The number of nitrogens with one attached hydrogen (secondary N) is 1. The molecule has 0 aliphatic rings. The third-order valence-corrected chi connectivity index (χ3v) is 4.80. The third-order valence-electron chi connectivity index (χ3n) is 4.53. The zero-order chi connectivity index (χ0) is 21.9. The van der Waals surface area contributed by atoms with Crippen LogP contribution in [0, 0.1) is 6.92 Å².